The summed E-state index contributed by atoms with van der Waals surface area (Å²) in [4.78, 5) is 2.15. The van der Waals surface area contributed by atoms with E-state index in [1.165, 1.54) is 0 Å². The number of benzene rings is 1. The average molecular weight is 208 g/mol. The summed E-state index contributed by atoms with van der Waals surface area (Å²) in [5.41, 5.74) is 7.58. The molecule has 1 aromatic rings. The van der Waals surface area contributed by atoms with Crippen molar-refractivity contribution in [2.45, 2.75) is 20.0 Å². The fraction of sp³-hybridized carbons (Fsp3) is 0.500. The molecule has 0 heterocycles. The number of rotatable bonds is 5. The summed E-state index contributed by atoms with van der Waals surface area (Å²) in [7, 11) is 2.05. The van der Waals surface area contributed by atoms with Crippen molar-refractivity contribution in [3.8, 4) is 0 Å². The maximum absolute atomic E-state index is 5.62. The molecule has 0 unspecified atom stereocenters. The second-order valence-corrected chi connectivity index (χ2v) is 3.93. The molecular weight excluding hydrogens is 188 g/mol. The van der Waals surface area contributed by atoms with Gasteiger partial charge in [-0.3, -0.25) is 0 Å². The van der Waals surface area contributed by atoms with E-state index in [2.05, 4.69) is 11.9 Å². The van der Waals surface area contributed by atoms with Crippen LogP contribution < -0.4 is 10.6 Å². The van der Waals surface area contributed by atoms with Crippen LogP contribution in [-0.2, 0) is 4.74 Å². The van der Waals surface area contributed by atoms with E-state index >= 15 is 0 Å². The summed E-state index contributed by atoms with van der Waals surface area (Å²) in [5, 5.41) is 0. The molecule has 0 aromatic heterocycles. The molecule has 0 saturated heterocycles. The molecular formula is C12H20N2O. The number of anilines is 2. The molecule has 0 aliphatic rings. The Bertz CT molecular complexity index is 282. The molecule has 0 fully saturated rings. The zero-order valence-electron chi connectivity index (χ0n) is 9.73. The van der Waals surface area contributed by atoms with Crippen LogP contribution in [0.5, 0.6) is 0 Å². The number of hydrogen-bond acceptors (Lipinski definition) is 3. The van der Waals surface area contributed by atoms with Gasteiger partial charge in [-0.25, -0.2) is 0 Å². The van der Waals surface area contributed by atoms with Gasteiger partial charge in [-0.05, 0) is 38.1 Å². The van der Waals surface area contributed by atoms with Crippen LogP contribution in [0.15, 0.2) is 24.3 Å². The molecule has 0 amide bonds. The van der Waals surface area contributed by atoms with Crippen LogP contribution in [0.25, 0.3) is 0 Å². The van der Waals surface area contributed by atoms with E-state index in [-0.39, 0.29) is 0 Å². The lowest BCUT2D eigenvalue weighted by atomic mass is 10.2. The maximum Gasteiger partial charge on any atom is 0.0644 e. The second-order valence-electron chi connectivity index (χ2n) is 3.93. The fourth-order valence-corrected chi connectivity index (χ4v) is 1.28. The van der Waals surface area contributed by atoms with Gasteiger partial charge in [-0.1, -0.05) is 0 Å². The van der Waals surface area contributed by atoms with Crippen LogP contribution in [0.1, 0.15) is 13.8 Å². The standard InChI is InChI=1S/C12H20N2O/c1-10(2)15-9-8-14(3)12-6-4-11(13)5-7-12/h4-7,10H,8-9,13H2,1-3H3. The number of likely N-dealkylation sites (N-methyl/N-ethyl adjacent to an activating group) is 1. The molecule has 1 rings (SSSR count). The minimum Gasteiger partial charge on any atom is -0.399 e. The molecule has 3 heteroatoms. The lowest BCUT2D eigenvalue weighted by Crippen LogP contribution is -2.23. The highest BCUT2D eigenvalue weighted by Gasteiger charge is 2.00. The molecule has 15 heavy (non-hydrogen) atoms. The van der Waals surface area contributed by atoms with Gasteiger partial charge in [-0.2, -0.15) is 0 Å². The van der Waals surface area contributed by atoms with Crippen LogP contribution in [0.2, 0.25) is 0 Å². The Hall–Kier alpha value is -1.22. The van der Waals surface area contributed by atoms with Crippen LogP contribution in [0, 0.1) is 0 Å². The van der Waals surface area contributed by atoms with Gasteiger partial charge in [0.05, 0.1) is 12.7 Å². The fourth-order valence-electron chi connectivity index (χ4n) is 1.28. The van der Waals surface area contributed by atoms with Gasteiger partial charge < -0.3 is 15.4 Å². The topological polar surface area (TPSA) is 38.5 Å². The number of hydrogen-bond donors (Lipinski definition) is 1. The van der Waals surface area contributed by atoms with E-state index in [0.717, 1.165) is 24.5 Å². The quantitative estimate of drug-likeness (QED) is 0.753. The predicted molar refractivity (Wildman–Crippen MR) is 65.2 cm³/mol. The summed E-state index contributed by atoms with van der Waals surface area (Å²) in [6, 6.07) is 7.86. The molecule has 0 saturated carbocycles. The minimum absolute atomic E-state index is 0.296. The van der Waals surface area contributed by atoms with Gasteiger partial charge in [0.1, 0.15) is 0 Å². The van der Waals surface area contributed by atoms with E-state index in [1.807, 2.05) is 38.1 Å². The molecule has 0 radical (unpaired) electrons. The highest BCUT2D eigenvalue weighted by Crippen LogP contribution is 2.14. The third kappa shape index (κ3) is 4.21. The molecule has 84 valence electrons. The SMILES string of the molecule is CC(C)OCCN(C)c1ccc(N)cc1. The number of nitrogen functional groups attached to an aromatic ring is 1. The van der Waals surface area contributed by atoms with Crippen molar-refractivity contribution in [3.05, 3.63) is 24.3 Å². The largest absolute Gasteiger partial charge is 0.399 e. The molecule has 0 atom stereocenters. The Kier molecular flexibility index (Phi) is 4.43. The van der Waals surface area contributed by atoms with E-state index < -0.39 is 0 Å². The smallest absolute Gasteiger partial charge is 0.0644 e. The van der Waals surface area contributed by atoms with Crippen molar-refractivity contribution in [2.24, 2.45) is 0 Å². The van der Waals surface area contributed by atoms with E-state index in [9.17, 15) is 0 Å². The van der Waals surface area contributed by atoms with Gasteiger partial charge in [0.25, 0.3) is 0 Å². The Morgan fingerprint density at radius 2 is 1.87 bits per heavy atom. The number of nitrogens with zero attached hydrogens (tertiary/aromatic N) is 1. The normalized spacial score (nSPS) is 10.7. The highest BCUT2D eigenvalue weighted by molar-refractivity contribution is 5.52. The Balaban J connectivity index is 2.40. The zero-order valence-corrected chi connectivity index (χ0v) is 9.73. The summed E-state index contributed by atoms with van der Waals surface area (Å²) >= 11 is 0. The van der Waals surface area contributed by atoms with Crippen LogP contribution in [-0.4, -0.2) is 26.3 Å². The number of nitrogens with two attached hydrogens (primary N) is 1. The van der Waals surface area contributed by atoms with Crippen LogP contribution in [0.3, 0.4) is 0 Å². The first-order valence-electron chi connectivity index (χ1n) is 5.28. The van der Waals surface area contributed by atoms with E-state index in [1.54, 1.807) is 0 Å². The average Bonchev–Trinajstić information content (AvgIpc) is 2.18. The number of ether oxygens (including phenoxy) is 1. The zero-order chi connectivity index (χ0) is 11.3. The lowest BCUT2D eigenvalue weighted by Gasteiger charge is -2.20. The van der Waals surface area contributed by atoms with Gasteiger partial charge >= 0.3 is 0 Å². The highest BCUT2D eigenvalue weighted by atomic mass is 16.5. The Labute approximate surface area is 91.8 Å². The third-order valence-electron chi connectivity index (χ3n) is 2.21. The summed E-state index contributed by atoms with van der Waals surface area (Å²) < 4.78 is 5.49. The Morgan fingerprint density at radius 3 is 2.40 bits per heavy atom. The minimum atomic E-state index is 0.296. The van der Waals surface area contributed by atoms with Crippen LogP contribution >= 0.6 is 0 Å². The predicted octanol–water partition coefficient (Wildman–Crippen LogP) is 2.13. The third-order valence-corrected chi connectivity index (χ3v) is 2.21. The molecule has 0 aliphatic heterocycles. The Morgan fingerprint density at radius 1 is 1.27 bits per heavy atom. The molecule has 2 N–H and O–H groups in total. The van der Waals surface area contributed by atoms with Crippen molar-refractivity contribution < 1.29 is 4.74 Å². The maximum atomic E-state index is 5.62. The second kappa shape index (κ2) is 5.61. The molecule has 0 aliphatic carbocycles. The summed E-state index contributed by atoms with van der Waals surface area (Å²) in [5.74, 6) is 0. The van der Waals surface area contributed by atoms with Gasteiger partial charge in [0.15, 0.2) is 0 Å². The first-order valence-corrected chi connectivity index (χ1v) is 5.28. The summed E-state index contributed by atoms with van der Waals surface area (Å²) in [6.07, 6.45) is 0.296. The van der Waals surface area contributed by atoms with E-state index in [4.69, 9.17) is 10.5 Å². The van der Waals surface area contributed by atoms with E-state index in [0.29, 0.717) is 6.10 Å². The molecule has 0 bridgehead atoms. The molecule has 1 aromatic carbocycles. The van der Waals surface area contributed by atoms with Crippen molar-refractivity contribution in [1.29, 1.82) is 0 Å². The van der Waals surface area contributed by atoms with Crippen molar-refractivity contribution in [3.63, 3.8) is 0 Å². The van der Waals surface area contributed by atoms with Crippen molar-refractivity contribution >= 4 is 11.4 Å². The van der Waals surface area contributed by atoms with Crippen LogP contribution in [0.4, 0.5) is 11.4 Å². The molecule has 3 nitrogen and oxygen atoms in total. The summed E-state index contributed by atoms with van der Waals surface area (Å²) in [6.45, 7) is 5.73. The van der Waals surface area contributed by atoms with Gasteiger partial charge in [0.2, 0.25) is 0 Å². The first-order chi connectivity index (χ1) is 7.09. The molecule has 0 spiro atoms. The van der Waals surface area contributed by atoms with Crippen molar-refractivity contribution in [1.82, 2.24) is 0 Å². The first kappa shape index (κ1) is 11.9. The lowest BCUT2D eigenvalue weighted by molar-refractivity contribution is 0.0846. The van der Waals surface area contributed by atoms with Crippen molar-refractivity contribution in [2.75, 3.05) is 30.8 Å². The van der Waals surface area contributed by atoms with Gasteiger partial charge in [-0.15, -0.1) is 0 Å². The monoisotopic (exact) mass is 208 g/mol. The van der Waals surface area contributed by atoms with Gasteiger partial charge in [0, 0.05) is 25.0 Å².